The number of ether oxygens (including phenoxy) is 1. The van der Waals surface area contributed by atoms with E-state index >= 15 is 0 Å². The zero-order valence-electron chi connectivity index (χ0n) is 14.9. The fourth-order valence-corrected chi connectivity index (χ4v) is 3.64. The summed E-state index contributed by atoms with van der Waals surface area (Å²) in [5, 5.41) is 0. The van der Waals surface area contributed by atoms with E-state index in [-0.39, 0.29) is 5.91 Å². The van der Waals surface area contributed by atoms with Gasteiger partial charge in [0.1, 0.15) is 11.6 Å². The van der Waals surface area contributed by atoms with E-state index in [4.69, 9.17) is 9.72 Å². The molecule has 5 nitrogen and oxygen atoms in total. The number of benzene rings is 2. The van der Waals surface area contributed by atoms with E-state index in [9.17, 15) is 4.79 Å². The molecule has 3 aromatic rings. The van der Waals surface area contributed by atoms with Crippen molar-refractivity contribution < 1.29 is 9.53 Å². The third-order valence-electron chi connectivity index (χ3n) is 5.13. The van der Waals surface area contributed by atoms with E-state index in [2.05, 4.69) is 11.1 Å². The second-order valence-corrected chi connectivity index (χ2v) is 6.82. The highest BCUT2D eigenvalue weighted by atomic mass is 16.5. The average Bonchev–Trinajstić information content (AvgIpc) is 3.12. The average molecular weight is 349 g/mol. The second-order valence-electron chi connectivity index (χ2n) is 6.82. The van der Waals surface area contributed by atoms with E-state index in [1.54, 1.807) is 7.11 Å². The van der Waals surface area contributed by atoms with Crippen LogP contribution in [0.25, 0.3) is 11.0 Å². The minimum absolute atomic E-state index is 0.182. The Morgan fingerprint density at radius 3 is 2.77 bits per heavy atom. The monoisotopic (exact) mass is 349 g/mol. The maximum atomic E-state index is 12.6. The minimum Gasteiger partial charge on any atom is -0.497 e. The molecule has 5 heteroatoms. The summed E-state index contributed by atoms with van der Waals surface area (Å²) in [5.74, 6) is 2.41. The van der Waals surface area contributed by atoms with Gasteiger partial charge >= 0.3 is 0 Å². The number of H-pyrrole nitrogens is 1. The Morgan fingerprint density at radius 1 is 1.19 bits per heavy atom. The SMILES string of the molecule is COc1cccc(CC(=O)N2CCC(c3nc4ccccc4[nH]3)CC2)c1. The number of hydrogen-bond donors (Lipinski definition) is 1. The molecule has 2 aromatic carbocycles. The van der Waals surface area contributed by atoms with Gasteiger partial charge in [0.25, 0.3) is 0 Å². The first-order valence-corrected chi connectivity index (χ1v) is 9.08. The molecule has 0 spiro atoms. The number of carbonyl (C=O) groups excluding carboxylic acids is 1. The fraction of sp³-hybridized carbons (Fsp3) is 0.333. The normalized spacial score (nSPS) is 15.3. The van der Waals surface area contributed by atoms with Gasteiger partial charge in [-0.3, -0.25) is 4.79 Å². The lowest BCUT2D eigenvalue weighted by atomic mass is 9.95. The molecule has 1 fully saturated rings. The molecule has 0 aliphatic carbocycles. The van der Waals surface area contributed by atoms with Gasteiger partial charge < -0.3 is 14.6 Å². The van der Waals surface area contributed by atoms with Crippen molar-refractivity contribution in [1.82, 2.24) is 14.9 Å². The number of para-hydroxylation sites is 2. The molecule has 1 aliphatic rings. The van der Waals surface area contributed by atoms with Gasteiger partial charge in [0.15, 0.2) is 0 Å². The molecule has 1 N–H and O–H groups in total. The Morgan fingerprint density at radius 2 is 2.00 bits per heavy atom. The van der Waals surface area contributed by atoms with Gasteiger partial charge in [0.2, 0.25) is 5.91 Å². The van der Waals surface area contributed by atoms with Crippen molar-refractivity contribution in [3.63, 3.8) is 0 Å². The summed E-state index contributed by atoms with van der Waals surface area (Å²) in [6.45, 7) is 1.56. The molecule has 134 valence electrons. The lowest BCUT2D eigenvalue weighted by Gasteiger charge is -2.31. The Hall–Kier alpha value is -2.82. The zero-order chi connectivity index (χ0) is 17.9. The number of aromatic nitrogens is 2. The van der Waals surface area contributed by atoms with Crippen LogP contribution < -0.4 is 4.74 Å². The topological polar surface area (TPSA) is 58.2 Å². The Balaban J connectivity index is 1.37. The maximum absolute atomic E-state index is 12.6. The minimum atomic E-state index is 0.182. The van der Waals surface area contributed by atoms with Gasteiger partial charge in [0.05, 0.1) is 24.6 Å². The number of piperidine rings is 1. The number of nitrogens with zero attached hydrogens (tertiary/aromatic N) is 2. The van der Waals surface area contributed by atoms with Crippen molar-refractivity contribution in [2.45, 2.75) is 25.2 Å². The number of fused-ring (bicyclic) bond motifs is 1. The van der Waals surface area contributed by atoms with Gasteiger partial charge in [-0.05, 0) is 42.7 Å². The summed E-state index contributed by atoms with van der Waals surface area (Å²) in [5.41, 5.74) is 3.09. The third kappa shape index (κ3) is 3.43. The van der Waals surface area contributed by atoms with Crippen LogP contribution in [-0.2, 0) is 11.2 Å². The number of carbonyl (C=O) groups is 1. The molecule has 0 bridgehead atoms. The number of imidazole rings is 1. The lowest BCUT2D eigenvalue weighted by molar-refractivity contribution is -0.131. The van der Waals surface area contributed by atoms with Crippen LogP contribution in [0.3, 0.4) is 0 Å². The summed E-state index contributed by atoms with van der Waals surface area (Å²) in [7, 11) is 1.64. The van der Waals surface area contributed by atoms with Crippen molar-refractivity contribution in [3.8, 4) is 5.75 Å². The standard InChI is InChI=1S/C21H23N3O2/c1-26-17-6-4-5-15(13-17)14-20(25)24-11-9-16(10-12-24)21-22-18-7-2-3-8-19(18)23-21/h2-8,13,16H,9-12,14H2,1H3,(H,22,23). The van der Waals surface area contributed by atoms with Crippen LogP contribution in [0.4, 0.5) is 0 Å². The number of likely N-dealkylation sites (tertiary alicyclic amines) is 1. The van der Waals surface area contributed by atoms with Crippen molar-refractivity contribution >= 4 is 16.9 Å². The van der Waals surface area contributed by atoms with Crippen molar-refractivity contribution in [3.05, 3.63) is 59.9 Å². The molecule has 1 amide bonds. The van der Waals surface area contributed by atoms with Crippen LogP contribution >= 0.6 is 0 Å². The first-order valence-electron chi connectivity index (χ1n) is 9.08. The predicted octanol–water partition coefficient (Wildman–Crippen LogP) is 3.52. The van der Waals surface area contributed by atoms with E-state index in [0.717, 1.165) is 54.1 Å². The van der Waals surface area contributed by atoms with Gasteiger partial charge in [-0.1, -0.05) is 24.3 Å². The highest BCUT2D eigenvalue weighted by Gasteiger charge is 2.25. The van der Waals surface area contributed by atoms with Gasteiger partial charge in [-0.2, -0.15) is 0 Å². The zero-order valence-corrected chi connectivity index (χ0v) is 14.9. The van der Waals surface area contributed by atoms with Crippen LogP contribution in [0.15, 0.2) is 48.5 Å². The first-order chi connectivity index (χ1) is 12.7. The molecule has 0 unspecified atom stereocenters. The van der Waals surface area contributed by atoms with Crippen LogP contribution in [0.5, 0.6) is 5.75 Å². The maximum Gasteiger partial charge on any atom is 0.226 e. The molecule has 1 saturated heterocycles. The molecule has 0 radical (unpaired) electrons. The Kier molecular flexibility index (Phi) is 4.61. The number of hydrogen-bond acceptors (Lipinski definition) is 3. The van der Waals surface area contributed by atoms with Gasteiger partial charge in [-0.25, -0.2) is 4.98 Å². The van der Waals surface area contributed by atoms with E-state index < -0.39 is 0 Å². The largest absolute Gasteiger partial charge is 0.497 e. The third-order valence-corrected chi connectivity index (χ3v) is 5.13. The number of methoxy groups -OCH3 is 1. The van der Waals surface area contributed by atoms with Gasteiger partial charge in [-0.15, -0.1) is 0 Å². The fourth-order valence-electron chi connectivity index (χ4n) is 3.64. The Labute approximate surface area is 153 Å². The highest BCUT2D eigenvalue weighted by Crippen LogP contribution is 2.28. The molecular formula is C21H23N3O2. The molecule has 0 atom stereocenters. The molecule has 2 heterocycles. The second kappa shape index (κ2) is 7.20. The van der Waals surface area contributed by atoms with Crippen molar-refractivity contribution in [1.29, 1.82) is 0 Å². The van der Waals surface area contributed by atoms with E-state index in [0.29, 0.717) is 12.3 Å². The highest BCUT2D eigenvalue weighted by molar-refractivity contribution is 5.79. The summed E-state index contributed by atoms with van der Waals surface area (Å²) in [6.07, 6.45) is 2.32. The van der Waals surface area contributed by atoms with Gasteiger partial charge in [0, 0.05) is 19.0 Å². The number of rotatable bonds is 4. The lowest BCUT2D eigenvalue weighted by Crippen LogP contribution is -2.39. The van der Waals surface area contributed by atoms with Crippen LogP contribution in [0, 0.1) is 0 Å². The van der Waals surface area contributed by atoms with E-state index in [1.807, 2.05) is 47.4 Å². The quantitative estimate of drug-likeness (QED) is 0.784. The molecule has 1 aliphatic heterocycles. The number of aromatic amines is 1. The summed E-state index contributed by atoms with van der Waals surface area (Å²) < 4.78 is 5.23. The molecule has 4 rings (SSSR count). The molecule has 26 heavy (non-hydrogen) atoms. The predicted molar refractivity (Wildman–Crippen MR) is 101 cm³/mol. The molecule has 0 saturated carbocycles. The molecular weight excluding hydrogens is 326 g/mol. The summed E-state index contributed by atoms with van der Waals surface area (Å²) >= 11 is 0. The number of amides is 1. The van der Waals surface area contributed by atoms with Crippen LogP contribution in [0.2, 0.25) is 0 Å². The van der Waals surface area contributed by atoms with Crippen molar-refractivity contribution in [2.24, 2.45) is 0 Å². The summed E-state index contributed by atoms with van der Waals surface area (Å²) in [6, 6.07) is 15.8. The Bertz CT molecular complexity index is 877. The first kappa shape index (κ1) is 16.6. The smallest absolute Gasteiger partial charge is 0.226 e. The van der Waals surface area contributed by atoms with Crippen LogP contribution in [-0.4, -0.2) is 41.0 Å². The number of nitrogens with one attached hydrogen (secondary N) is 1. The van der Waals surface area contributed by atoms with Crippen molar-refractivity contribution in [2.75, 3.05) is 20.2 Å². The van der Waals surface area contributed by atoms with Crippen LogP contribution in [0.1, 0.15) is 30.1 Å². The summed E-state index contributed by atoms with van der Waals surface area (Å²) in [4.78, 5) is 22.7. The molecule has 1 aromatic heterocycles. The van der Waals surface area contributed by atoms with E-state index in [1.165, 1.54) is 0 Å².